The zero-order valence-corrected chi connectivity index (χ0v) is 16.5. The fraction of sp³-hybridized carbons (Fsp3) is 0.375. The monoisotopic (exact) mass is 484 g/mol. The molecule has 168 valence electrons. The highest BCUT2D eigenvalue weighted by molar-refractivity contribution is 6.35. The SMILES string of the molecule is C/C(=C\C(=O)C(F)(F)C(F)(F)C(F)(F)F)NNC(=O)[C@H](C)Oc1ccc(Cl)cc1Cl. The number of hydrogen-bond acceptors (Lipinski definition) is 4. The third-order valence-electron chi connectivity index (χ3n) is 3.36. The summed E-state index contributed by atoms with van der Waals surface area (Å²) in [5.41, 5.74) is 3.16. The number of hydrogen-bond donors (Lipinski definition) is 2. The number of ether oxygens (including phenoxy) is 1. The van der Waals surface area contributed by atoms with Gasteiger partial charge in [-0.25, -0.2) is 0 Å². The van der Waals surface area contributed by atoms with E-state index in [9.17, 15) is 40.3 Å². The summed E-state index contributed by atoms with van der Waals surface area (Å²) in [6, 6.07) is 4.10. The summed E-state index contributed by atoms with van der Waals surface area (Å²) in [4.78, 5) is 23.2. The van der Waals surface area contributed by atoms with E-state index in [0.717, 1.165) is 6.92 Å². The van der Waals surface area contributed by atoms with Gasteiger partial charge < -0.3 is 10.2 Å². The van der Waals surface area contributed by atoms with Crippen LogP contribution in [0.2, 0.25) is 10.0 Å². The van der Waals surface area contributed by atoms with E-state index in [4.69, 9.17) is 27.9 Å². The van der Waals surface area contributed by atoms with E-state index in [2.05, 4.69) is 0 Å². The van der Waals surface area contributed by atoms with Gasteiger partial charge in [0.15, 0.2) is 6.10 Å². The third-order valence-corrected chi connectivity index (χ3v) is 3.89. The normalized spacial score (nSPS) is 14.2. The number of ketones is 1. The highest BCUT2D eigenvalue weighted by atomic mass is 35.5. The maximum Gasteiger partial charge on any atom is 0.460 e. The molecule has 14 heteroatoms. The molecule has 0 saturated carbocycles. The van der Waals surface area contributed by atoms with Gasteiger partial charge in [0.1, 0.15) is 5.75 Å². The van der Waals surface area contributed by atoms with Gasteiger partial charge in [-0.1, -0.05) is 23.2 Å². The zero-order chi connectivity index (χ0) is 23.5. The minimum absolute atomic E-state index is 0.0696. The van der Waals surface area contributed by atoms with Crippen molar-refractivity contribution in [1.82, 2.24) is 10.9 Å². The number of halogens is 9. The van der Waals surface area contributed by atoms with Crippen molar-refractivity contribution in [2.75, 3.05) is 0 Å². The van der Waals surface area contributed by atoms with Crippen LogP contribution < -0.4 is 15.6 Å². The molecule has 1 aromatic carbocycles. The first-order chi connectivity index (χ1) is 13.5. The van der Waals surface area contributed by atoms with Crippen LogP contribution >= 0.6 is 23.2 Å². The molecule has 0 heterocycles. The van der Waals surface area contributed by atoms with Crippen molar-refractivity contribution in [2.45, 2.75) is 38.0 Å². The number of nitrogens with one attached hydrogen (secondary N) is 2. The van der Waals surface area contributed by atoms with Gasteiger partial charge in [0, 0.05) is 16.8 Å². The van der Waals surface area contributed by atoms with Crippen molar-refractivity contribution in [1.29, 1.82) is 0 Å². The summed E-state index contributed by atoms with van der Waals surface area (Å²) in [5.74, 6) is -16.3. The molecule has 0 aromatic heterocycles. The van der Waals surface area contributed by atoms with E-state index < -0.39 is 41.5 Å². The number of allylic oxidation sites excluding steroid dienone is 2. The molecule has 1 rings (SSSR count). The molecular formula is C16H13Cl2F7N2O3. The van der Waals surface area contributed by atoms with Crippen LogP contribution in [0, 0.1) is 0 Å². The quantitative estimate of drug-likeness (QED) is 0.319. The van der Waals surface area contributed by atoms with E-state index in [1.54, 1.807) is 0 Å². The van der Waals surface area contributed by atoms with Crippen LogP contribution in [0.4, 0.5) is 30.7 Å². The zero-order valence-electron chi connectivity index (χ0n) is 15.0. The van der Waals surface area contributed by atoms with Crippen LogP contribution in [0.25, 0.3) is 0 Å². The van der Waals surface area contributed by atoms with E-state index in [1.165, 1.54) is 25.1 Å². The van der Waals surface area contributed by atoms with Crippen LogP contribution in [-0.2, 0) is 9.59 Å². The fourth-order valence-electron chi connectivity index (χ4n) is 1.73. The molecule has 0 aliphatic carbocycles. The summed E-state index contributed by atoms with van der Waals surface area (Å²) in [6.45, 7) is 2.12. The molecular weight excluding hydrogens is 472 g/mol. The van der Waals surface area contributed by atoms with Gasteiger partial charge in [0.2, 0.25) is 5.78 Å². The Kier molecular flexibility index (Phi) is 8.00. The Balaban J connectivity index is 2.76. The average molecular weight is 485 g/mol. The van der Waals surface area contributed by atoms with Crippen LogP contribution in [-0.4, -0.2) is 35.8 Å². The summed E-state index contributed by atoms with van der Waals surface area (Å²) in [6.07, 6.45) is -8.08. The predicted molar refractivity (Wildman–Crippen MR) is 92.5 cm³/mol. The molecule has 1 aromatic rings. The van der Waals surface area contributed by atoms with E-state index in [0.29, 0.717) is 5.02 Å². The summed E-state index contributed by atoms with van der Waals surface area (Å²) >= 11 is 11.6. The van der Waals surface area contributed by atoms with Crippen molar-refractivity contribution >= 4 is 34.9 Å². The molecule has 0 spiro atoms. The topological polar surface area (TPSA) is 67.4 Å². The molecule has 0 radical (unpaired) electrons. The smallest absolute Gasteiger partial charge is 0.460 e. The average Bonchev–Trinajstić information content (AvgIpc) is 2.60. The van der Waals surface area contributed by atoms with E-state index in [1.807, 2.05) is 10.9 Å². The van der Waals surface area contributed by atoms with Gasteiger partial charge >= 0.3 is 18.0 Å². The molecule has 0 aliphatic rings. The molecule has 1 atom stereocenters. The van der Waals surface area contributed by atoms with Crippen molar-refractivity contribution < 1.29 is 45.1 Å². The lowest BCUT2D eigenvalue weighted by molar-refractivity contribution is -0.342. The first-order valence-electron chi connectivity index (χ1n) is 7.73. The standard InChI is InChI=1S/C16H13Cl2F7N2O3/c1-7(5-12(28)14(19,20)15(21,22)16(23,24)25)26-27-13(29)8(2)30-11-4-3-9(17)6-10(11)18/h3-6,8,26H,1-2H3,(H,27,29)/b7-5+/t8-/m0/s1. The molecule has 0 bridgehead atoms. The van der Waals surface area contributed by atoms with Gasteiger partial charge in [-0.2, -0.15) is 30.7 Å². The minimum Gasteiger partial charge on any atom is -0.479 e. The minimum atomic E-state index is -6.65. The fourth-order valence-corrected chi connectivity index (χ4v) is 2.19. The van der Waals surface area contributed by atoms with Crippen molar-refractivity contribution in [3.8, 4) is 5.75 Å². The second-order valence-corrected chi connectivity index (χ2v) is 6.63. The van der Waals surface area contributed by atoms with Crippen molar-refractivity contribution in [3.05, 3.63) is 40.0 Å². The Labute approximate surface area is 175 Å². The second-order valence-electron chi connectivity index (χ2n) is 5.79. The number of alkyl halides is 7. The summed E-state index contributed by atoms with van der Waals surface area (Å²) in [5, 5.41) is 0.369. The van der Waals surface area contributed by atoms with Crippen LogP contribution in [0.5, 0.6) is 5.75 Å². The number of carbonyl (C=O) groups is 2. The maximum absolute atomic E-state index is 13.3. The van der Waals surface area contributed by atoms with Crippen molar-refractivity contribution in [2.24, 2.45) is 0 Å². The highest BCUT2D eigenvalue weighted by Gasteiger charge is 2.75. The molecule has 0 unspecified atom stereocenters. The Morgan fingerprint density at radius 2 is 1.63 bits per heavy atom. The highest BCUT2D eigenvalue weighted by Crippen LogP contribution is 2.47. The number of amides is 1. The second kappa shape index (κ2) is 9.29. The molecule has 1 amide bonds. The summed E-state index contributed by atoms with van der Waals surface area (Å²) in [7, 11) is 0. The summed E-state index contributed by atoms with van der Waals surface area (Å²) < 4.78 is 93.7. The van der Waals surface area contributed by atoms with Gasteiger partial charge in [-0.15, -0.1) is 0 Å². The van der Waals surface area contributed by atoms with Gasteiger partial charge in [-0.05, 0) is 32.0 Å². The molecule has 0 aliphatic heterocycles. The first-order valence-corrected chi connectivity index (χ1v) is 8.49. The number of rotatable bonds is 8. The molecule has 2 N–H and O–H groups in total. The predicted octanol–water partition coefficient (Wildman–Crippen LogP) is 4.69. The van der Waals surface area contributed by atoms with Crippen LogP contribution in [0.3, 0.4) is 0 Å². The lowest BCUT2D eigenvalue weighted by atomic mass is 10.1. The van der Waals surface area contributed by atoms with Crippen LogP contribution in [0.1, 0.15) is 13.8 Å². The number of benzene rings is 1. The van der Waals surface area contributed by atoms with Gasteiger partial charge in [0.25, 0.3) is 5.91 Å². The number of carbonyl (C=O) groups excluding carboxylic acids is 2. The Morgan fingerprint density at radius 3 is 2.13 bits per heavy atom. The van der Waals surface area contributed by atoms with Gasteiger partial charge in [-0.3, -0.25) is 15.0 Å². The third kappa shape index (κ3) is 5.91. The maximum atomic E-state index is 13.3. The lowest BCUT2D eigenvalue weighted by Gasteiger charge is -2.26. The molecule has 30 heavy (non-hydrogen) atoms. The Hall–Kier alpha value is -2.21. The van der Waals surface area contributed by atoms with Gasteiger partial charge in [0.05, 0.1) is 5.02 Å². The Bertz CT molecular complexity index is 845. The number of hydrazine groups is 1. The molecule has 0 saturated heterocycles. The van der Waals surface area contributed by atoms with Crippen molar-refractivity contribution in [3.63, 3.8) is 0 Å². The lowest BCUT2D eigenvalue weighted by Crippen LogP contribution is -2.55. The molecule has 5 nitrogen and oxygen atoms in total. The largest absolute Gasteiger partial charge is 0.479 e. The van der Waals surface area contributed by atoms with Crippen LogP contribution in [0.15, 0.2) is 30.0 Å². The van der Waals surface area contributed by atoms with E-state index in [-0.39, 0.29) is 16.8 Å². The Morgan fingerprint density at radius 1 is 1.07 bits per heavy atom. The first kappa shape index (κ1) is 25.8. The van der Waals surface area contributed by atoms with E-state index >= 15 is 0 Å². The molecule has 0 fully saturated rings.